The smallest absolute Gasteiger partial charge is 0.330 e. The van der Waals surface area contributed by atoms with Crippen molar-refractivity contribution in [3.8, 4) is 0 Å². The molecule has 1 aliphatic heterocycles. The van der Waals surface area contributed by atoms with Crippen LogP contribution < -0.4 is 0 Å². The van der Waals surface area contributed by atoms with Crippen molar-refractivity contribution in [3.63, 3.8) is 0 Å². The molecule has 1 rings (SSSR count). The molecule has 90 valence electrons. The summed E-state index contributed by atoms with van der Waals surface area (Å²) in [6, 6.07) is 0. The lowest BCUT2D eigenvalue weighted by atomic mass is 10.0. The first-order chi connectivity index (χ1) is 7.65. The van der Waals surface area contributed by atoms with E-state index >= 15 is 0 Å². The van der Waals surface area contributed by atoms with E-state index < -0.39 is 0 Å². The number of hydrogen-bond donors (Lipinski definition) is 0. The molecular formula is C12H19NO3. The molecule has 1 atom stereocenters. The third kappa shape index (κ3) is 3.68. The Kier molecular flexibility index (Phi) is 5.02. The average molecular weight is 225 g/mol. The van der Waals surface area contributed by atoms with Crippen LogP contribution in [0.25, 0.3) is 0 Å². The molecule has 1 amide bonds. The van der Waals surface area contributed by atoms with Gasteiger partial charge >= 0.3 is 5.97 Å². The Hall–Kier alpha value is -1.32. The van der Waals surface area contributed by atoms with Crippen LogP contribution in [0.1, 0.15) is 26.7 Å². The van der Waals surface area contributed by atoms with Crippen molar-refractivity contribution in [2.24, 2.45) is 5.92 Å². The second-order valence-corrected chi connectivity index (χ2v) is 3.97. The van der Waals surface area contributed by atoms with Crippen molar-refractivity contribution in [3.05, 3.63) is 12.2 Å². The van der Waals surface area contributed by atoms with Gasteiger partial charge in [-0.2, -0.15) is 0 Å². The second kappa shape index (κ2) is 6.30. The zero-order valence-electron chi connectivity index (χ0n) is 9.94. The van der Waals surface area contributed by atoms with Gasteiger partial charge in [0.05, 0.1) is 6.61 Å². The maximum absolute atomic E-state index is 11.7. The Balaban J connectivity index is 2.25. The van der Waals surface area contributed by atoms with Crippen LogP contribution in [-0.2, 0) is 14.3 Å². The van der Waals surface area contributed by atoms with Crippen LogP contribution in [-0.4, -0.2) is 36.5 Å². The number of allylic oxidation sites excluding steroid dienone is 1. The highest BCUT2D eigenvalue weighted by atomic mass is 16.5. The first-order valence-electron chi connectivity index (χ1n) is 5.77. The van der Waals surface area contributed by atoms with E-state index in [9.17, 15) is 9.59 Å². The van der Waals surface area contributed by atoms with Crippen LogP contribution in [0.4, 0.5) is 0 Å². The summed E-state index contributed by atoms with van der Waals surface area (Å²) in [4.78, 5) is 24.5. The molecular weight excluding hydrogens is 206 g/mol. The maximum Gasteiger partial charge on any atom is 0.330 e. The lowest BCUT2D eigenvalue weighted by Crippen LogP contribution is -2.44. The maximum atomic E-state index is 11.7. The molecule has 4 heteroatoms. The largest absolute Gasteiger partial charge is 0.463 e. The summed E-state index contributed by atoms with van der Waals surface area (Å²) in [7, 11) is 0. The van der Waals surface area contributed by atoms with Crippen LogP contribution in [0.5, 0.6) is 0 Å². The monoisotopic (exact) mass is 225 g/mol. The first-order valence-corrected chi connectivity index (χ1v) is 5.77. The predicted octanol–water partition coefficient (Wildman–Crippen LogP) is 1.36. The quantitative estimate of drug-likeness (QED) is 0.524. The third-order valence-electron chi connectivity index (χ3n) is 2.62. The van der Waals surface area contributed by atoms with E-state index in [1.807, 2.05) is 11.8 Å². The molecule has 16 heavy (non-hydrogen) atoms. The summed E-state index contributed by atoms with van der Waals surface area (Å²) >= 11 is 0. The van der Waals surface area contributed by atoms with Crippen LogP contribution in [0.2, 0.25) is 0 Å². The minimum Gasteiger partial charge on any atom is -0.463 e. The molecule has 0 aromatic heterocycles. The van der Waals surface area contributed by atoms with E-state index in [0.29, 0.717) is 13.0 Å². The first kappa shape index (κ1) is 12.7. The zero-order chi connectivity index (χ0) is 12.0. The second-order valence-electron chi connectivity index (χ2n) is 3.97. The number of rotatable bonds is 5. The Morgan fingerprint density at radius 2 is 2.12 bits per heavy atom. The minimum absolute atomic E-state index is 0.0500. The van der Waals surface area contributed by atoms with Gasteiger partial charge in [0.2, 0.25) is 5.91 Å². The summed E-state index contributed by atoms with van der Waals surface area (Å²) in [5, 5.41) is 0. The molecule has 0 bridgehead atoms. The van der Waals surface area contributed by atoms with Crippen molar-refractivity contribution in [2.75, 3.05) is 19.7 Å². The number of carbonyl (C=O) groups excluding carboxylic acids is 2. The molecule has 0 saturated carbocycles. The highest BCUT2D eigenvalue weighted by molar-refractivity contribution is 5.82. The van der Waals surface area contributed by atoms with Crippen LogP contribution in [0.3, 0.4) is 0 Å². The van der Waals surface area contributed by atoms with E-state index in [2.05, 4.69) is 0 Å². The van der Waals surface area contributed by atoms with E-state index in [1.54, 1.807) is 13.0 Å². The number of esters is 1. The molecule has 0 aromatic carbocycles. The molecule has 0 spiro atoms. The molecule has 1 saturated heterocycles. The fourth-order valence-electron chi connectivity index (χ4n) is 1.51. The van der Waals surface area contributed by atoms with Crippen LogP contribution >= 0.6 is 0 Å². The lowest BCUT2D eigenvalue weighted by Gasteiger charge is -2.32. The van der Waals surface area contributed by atoms with Gasteiger partial charge in [-0.3, -0.25) is 4.79 Å². The number of amides is 1. The Labute approximate surface area is 96.3 Å². The average Bonchev–Trinajstić information content (AvgIpc) is 2.15. The number of nitrogens with zero attached hydrogens (tertiary/aromatic N) is 1. The van der Waals surface area contributed by atoms with Gasteiger partial charge in [0, 0.05) is 25.1 Å². The van der Waals surface area contributed by atoms with Crippen molar-refractivity contribution < 1.29 is 14.3 Å². The summed E-state index contributed by atoms with van der Waals surface area (Å²) in [6.45, 7) is 5.79. The number of hydrogen-bond acceptors (Lipinski definition) is 3. The van der Waals surface area contributed by atoms with Crippen LogP contribution in [0, 0.1) is 5.92 Å². The van der Waals surface area contributed by atoms with Crippen molar-refractivity contribution >= 4 is 11.9 Å². The van der Waals surface area contributed by atoms with Crippen molar-refractivity contribution in [2.45, 2.75) is 26.7 Å². The molecule has 0 radical (unpaired) electrons. The van der Waals surface area contributed by atoms with Gasteiger partial charge < -0.3 is 9.64 Å². The van der Waals surface area contributed by atoms with E-state index in [-0.39, 0.29) is 17.8 Å². The van der Waals surface area contributed by atoms with Gasteiger partial charge in [0.25, 0.3) is 0 Å². The fourth-order valence-corrected chi connectivity index (χ4v) is 1.51. The SMILES string of the molecule is CCOC(=O)/C=C/CC(C)C(=O)N1CCC1. The lowest BCUT2D eigenvalue weighted by molar-refractivity contribution is -0.139. The van der Waals surface area contributed by atoms with Gasteiger partial charge in [0.15, 0.2) is 0 Å². The van der Waals surface area contributed by atoms with Gasteiger partial charge in [-0.15, -0.1) is 0 Å². The normalized spacial score (nSPS) is 17.0. The van der Waals surface area contributed by atoms with Crippen molar-refractivity contribution in [1.82, 2.24) is 4.90 Å². The minimum atomic E-state index is -0.342. The molecule has 4 nitrogen and oxygen atoms in total. The summed E-state index contributed by atoms with van der Waals surface area (Å²) < 4.78 is 4.74. The van der Waals surface area contributed by atoms with Gasteiger partial charge in [-0.1, -0.05) is 13.0 Å². The molecule has 1 heterocycles. The number of carbonyl (C=O) groups is 2. The molecule has 0 aliphatic carbocycles. The standard InChI is InChI=1S/C12H19NO3/c1-3-16-11(14)7-4-6-10(2)12(15)13-8-5-9-13/h4,7,10H,3,5-6,8-9H2,1-2H3/b7-4+. The van der Waals surface area contributed by atoms with Gasteiger partial charge in [0.1, 0.15) is 0 Å². The van der Waals surface area contributed by atoms with E-state index in [4.69, 9.17) is 4.74 Å². The predicted molar refractivity (Wildman–Crippen MR) is 60.8 cm³/mol. The van der Waals surface area contributed by atoms with Crippen molar-refractivity contribution in [1.29, 1.82) is 0 Å². The number of likely N-dealkylation sites (tertiary alicyclic amines) is 1. The Bertz CT molecular complexity index is 282. The third-order valence-corrected chi connectivity index (χ3v) is 2.62. The summed E-state index contributed by atoms with van der Waals surface area (Å²) in [5.74, 6) is -0.211. The Morgan fingerprint density at radius 1 is 1.44 bits per heavy atom. The molecule has 1 unspecified atom stereocenters. The summed E-state index contributed by atoms with van der Waals surface area (Å²) in [6.07, 6.45) is 4.80. The van der Waals surface area contributed by atoms with Gasteiger partial charge in [-0.25, -0.2) is 4.79 Å². The molecule has 1 aliphatic rings. The van der Waals surface area contributed by atoms with Crippen LogP contribution in [0.15, 0.2) is 12.2 Å². The zero-order valence-corrected chi connectivity index (χ0v) is 9.94. The molecule has 1 fully saturated rings. The highest BCUT2D eigenvalue weighted by Gasteiger charge is 2.23. The molecule has 0 N–H and O–H groups in total. The topological polar surface area (TPSA) is 46.6 Å². The van der Waals surface area contributed by atoms with E-state index in [1.165, 1.54) is 6.08 Å². The van der Waals surface area contributed by atoms with E-state index in [0.717, 1.165) is 19.5 Å². The summed E-state index contributed by atoms with van der Waals surface area (Å²) in [5.41, 5.74) is 0. The highest BCUT2D eigenvalue weighted by Crippen LogP contribution is 2.14. The number of ether oxygens (including phenoxy) is 1. The van der Waals surface area contributed by atoms with Gasteiger partial charge in [-0.05, 0) is 19.8 Å². The molecule has 0 aromatic rings. The Morgan fingerprint density at radius 3 is 2.62 bits per heavy atom. The fraction of sp³-hybridized carbons (Fsp3) is 0.667.